The number of amides is 2. The summed E-state index contributed by atoms with van der Waals surface area (Å²) in [5.41, 5.74) is 1.83. The summed E-state index contributed by atoms with van der Waals surface area (Å²) in [7, 11) is 0. The van der Waals surface area contributed by atoms with Crippen LogP contribution >= 0.6 is 11.6 Å². The van der Waals surface area contributed by atoms with Gasteiger partial charge in [0.2, 0.25) is 11.9 Å². The van der Waals surface area contributed by atoms with Crippen LogP contribution in [0.15, 0.2) is 48.8 Å². The molecule has 4 heterocycles. The number of nitrogens with zero attached hydrogens (tertiary/aromatic N) is 6. The molecule has 2 aliphatic heterocycles. The van der Waals surface area contributed by atoms with Crippen LogP contribution in [0.4, 0.5) is 5.95 Å². The summed E-state index contributed by atoms with van der Waals surface area (Å²) in [5.74, 6) is 0.0952. The lowest BCUT2D eigenvalue weighted by molar-refractivity contribution is -0.126. The molecule has 0 radical (unpaired) electrons. The first-order valence-electron chi connectivity index (χ1n) is 12.5. The number of carbonyl (C=O) groups excluding carboxylic acids is 2. The molecule has 2 amide bonds. The second kappa shape index (κ2) is 11.2. The molecule has 0 spiro atoms. The number of nitrogens with one attached hydrogen (secondary N) is 1. The van der Waals surface area contributed by atoms with E-state index < -0.39 is 0 Å². The first-order valence-corrected chi connectivity index (χ1v) is 12.9. The lowest BCUT2D eigenvalue weighted by Crippen LogP contribution is -2.35. The maximum absolute atomic E-state index is 13.1. The summed E-state index contributed by atoms with van der Waals surface area (Å²) < 4.78 is 1.99. The van der Waals surface area contributed by atoms with Gasteiger partial charge in [-0.1, -0.05) is 23.7 Å². The van der Waals surface area contributed by atoms with Crippen molar-refractivity contribution in [3.8, 4) is 0 Å². The van der Waals surface area contributed by atoms with Gasteiger partial charge in [-0.25, -0.2) is 4.98 Å². The standard InChI is InChI=1S/C26H30ClN7O2/c27-21-8-5-9-22-24(21)34(26(30-22)31-25(36)19-11-12-28-29-17-19)20-7-1-2-16-33(18-20)23(35)10-6-15-32-13-3-4-14-32/h5-6,8-12,17,20H,1-4,7,13-16,18H2,(H,30,31,36). The number of hydrogen-bond acceptors (Lipinski definition) is 6. The monoisotopic (exact) mass is 507 g/mol. The summed E-state index contributed by atoms with van der Waals surface area (Å²) in [4.78, 5) is 35.0. The largest absolute Gasteiger partial charge is 0.337 e. The predicted octanol–water partition coefficient (Wildman–Crippen LogP) is 3.94. The first kappa shape index (κ1) is 24.4. The van der Waals surface area contributed by atoms with Gasteiger partial charge in [0, 0.05) is 25.7 Å². The Morgan fingerprint density at radius 1 is 1.08 bits per heavy atom. The van der Waals surface area contributed by atoms with Crippen LogP contribution in [0.1, 0.15) is 48.5 Å². The lowest BCUT2D eigenvalue weighted by Gasteiger charge is -2.26. The van der Waals surface area contributed by atoms with E-state index >= 15 is 0 Å². The van der Waals surface area contributed by atoms with Gasteiger partial charge in [-0.15, -0.1) is 0 Å². The number of carbonyl (C=O) groups is 2. The normalized spacial score (nSPS) is 19.1. The fourth-order valence-electron chi connectivity index (χ4n) is 5.05. The van der Waals surface area contributed by atoms with Crippen LogP contribution in [0.5, 0.6) is 0 Å². The molecular weight excluding hydrogens is 478 g/mol. The van der Waals surface area contributed by atoms with Crippen LogP contribution in [0.3, 0.4) is 0 Å². The molecule has 1 aromatic carbocycles. The van der Waals surface area contributed by atoms with Crippen molar-refractivity contribution in [3.63, 3.8) is 0 Å². The van der Waals surface area contributed by atoms with Crippen LogP contribution in [0.25, 0.3) is 11.0 Å². The number of likely N-dealkylation sites (tertiary alicyclic amines) is 2. The number of hydrogen-bond donors (Lipinski definition) is 1. The smallest absolute Gasteiger partial charge is 0.259 e. The molecule has 1 unspecified atom stereocenters. The van der Waals surface area contributed by atoms with Crippen LogP contribution in [-0.4, -0.2) is 74.1 Å². The number of benzene rings is 1. The highest BCUT2D eigenvalue weighted by Crippen LogP contribution is 2.34. The number of para-hydroxylation sites is 1. The molecule has 2 saturated heterocycles. The van der Waals surface area contributed by atoms with Crippen molar-refractivity contribution >= 4 is 40.4 Å². The highest BCUT2D eigenvalue weighted by atomic mass is 35.5. The summed E-state index contributed by atoms with van der Waals surface area (Å²) in [6.45, 7) is 4.23. The van der Waals surface area contributed by atoms with Crippen molar-refractivity contribution in [1.82, 2.24) is 29.5 Å². The van der Waals surface area contributed by atoms with Crippen molar-refractivity contribution in [2.75, 3.05) is 38.0 Å². The minimum Gasteiger partial charge on any atom is -0.337 e. The zero-order valence-electron chi connectivity index (χ0n) is 20.1. The van der Waals surface area contributed by atoms with E-state index in [4.69, 9.17) is 16.6 Å². The molecule has 3 aromatic rings. The first-order chi connectivity index (χ1) is 17.6. The van der Waals surface area contributed by atoms with Gasteiger partial charge < -0.3 is 9.47 Å². The summed E-state index contributed by atoms with van der Waals surface area (Å²) in [6, 6.07) is 7.06. The third kappa shape index (κ3) is 5.42. The van der Waals surface area contributed by atoms with Crippen LogP contribution in [0.2, 0.25) is 5.02 Å². The topological polar surface area (TPSA) is 96.2 Å². The Labute approximate surface area is 215 Å². The number of halogens is 1. The average molecular weight is 508 g/mol. The molecule has 0 bridgehead atoms. The van der Waals surface area contributed by atoms with Gasteiger partial charge in [0.1, 0.15) is 0 Å². The van der Waals surface area contributed by atoms with Crippen molar-refractivity contribution in [2.45, 2.75) is 38.1 Å². The maximum Gasteiger partial charge on any atom is 0.259 e. The fraction of sp³-hybridized carbons (Fsp3) is 0.423. The minimum absolute atomic E-state index is 0.0186. The Balaban J connectivity index is 1.41. The molecule has 2 aromatic heterocycles. The summed E-state index contributed by atoms with van der Waals surface area (Å²) in [5, 5.41) is 11.0. The molecule has 1 atom stereocenters. The minimum atomic E-state index is -0.330. The predicted molar refractivity (Wildman–Crippen MR) is 139 cm³/mol. The molecule has 1 N–H and O–H groups in total. The van der Waals surface area contributed by atoms with Crippen molar-refractivity contribution in [2.24, 2.45) is 0 Å². The molecule has 9 nitrogen and oxygen atoms in total. The Hall–Kier alpha value is -3.30. The van der Waals surface area contributed by atoms with E-state index in [2.05, 4.69) is 20.4 Å². The van der Waals surface area contributed by atoms with Gasteiger partial charge in [0.25, 0.3) is 5.91 Å². The number of anilines is 1. The van der Waals surface area contributed by atoms with Gasteiger partial charge in [0.15, 0.2) is 0 Å². The summed E-state index contributed by atoms with van der Waals surface area (Å²) in [6.07, 6.45) is 11.8. The molecule has 10 heteroatoms. The van der Waals surface area contributed by atoms with E-state index in [1.165, 1.54) is 25.2 Å². The van der Waals surface area contributed by atoms with E-state index in [0.29, 0.717) is 35.1 Å². The van der Waals surface area contributed by atoms with Crippen molar-refractivity contribution in [1.29, 1.82) is 0 Å². The zero-order valence-corrected chi connectivity index (χ0v) is 20.9. The number of aromatic nitrogens is 4. The van der Waals surface area contributed by atoms with Gasteiger partial charge in [0.05, 0.1) is 40.1 Å². The Morgan fingerprint density at radius 2 is 1.92 bits per heavy atom. The quantitative estimate of drug-likeness (QED) is 0.508. The average Bonchev–Trinajstić information content (AvgIpc) is 3.46. The number of rotatable bonds is 6. The van der Waals surface area contributed by atoms with Crippen LogP contribution in [-0.2, 0) is 4.79 Å². The lowest BCUT2D eigenvalue weighted by atomic mass is 10.1. The van der Waals surface area contributed by atoms with E-state index in [0.717, 1.165) is 44.4 Å². The summed E-state index contributed by atoms with van der Waals surface area (Å²) >= 11 is 6.63. The fourth-order valence-corrected chi connectivity index (χ4v) is 5.31. The highest BCUT2D eigenvalue weighted by molar-refractivity contribution is 6.35. The van der Waals surface area contributed by atoms with Crippen molar-refractivity contribution in [3.05, 3.63) is 59.4 Å². The molecule has 0 aliphatic carbocycles. The molecule has 188 valence electrons. The Bertz CT molecular complexity index is 1250. The van der Waals surface area contributed by atoms with Gasteiger partial charge in [-0.3, -0.25) is 19.8 Å². The van der Waals surface area contributed by atoms with Crippen LogP contribution in [0, 0.1) is 0 Å². The van der Waals surface area contributed by atoms with E-state index in [1.54, 1.807) is 12.1 Å². The molecule has 2 fully saturated rings. The zero-order chi connectivity index (χ0) is 24.9. The van der Waals surface area contributed by atoms with Crippen molar-refractivity contribution < 1.29 is 9.59 Å². The third-order valence-corrected chi connectivity index (χ3v) is 7.18. The van der Waals surface area contributed by atoms with E-state index in [-0.39, 0.29) is 17.9 Å². The van der Waals surface area contributed by atoms with Gasteiger partial charge in [-0.05, 0) is 63.4 Å². The second-order valence-electron chi connectivity index (χ2n) is 9.34. The molecule has 2 aliphatic rings. The highest BCUT2D eigenvalue weighted by Gasteiger charge is 2.27. The SMILES string of the molecule is O=C(Nc1nc2cccc(Cl)c2n1C1CCCCN(C(=O)C=CCN2CCCC2)C1)c1ccnnc1. The Morgan fingerprint density at radius 3 is 2.72 bits per heavy atom. The molecular formula is C26H30ClN7O2. The van der Waals surface area contributed by atoms with Gasteiger partial charge in [-0.2, -0.15) is 10.2 Å². The second-order valence-corrected chi connectivity index (χ2v) is 9.75. The number of fused-ring (bicyclic) bond motifs is 1. The molecule has 0 saturated carbocycles. The van der Waals surface area contributed by atoms with E-state index in [1.807, 2.05) is 33.7 Å². The third-order valence-electron chi connectivity index (χ3n) is 6.88. The van der Waals surface area contributed by atoms with E-state index in [9.17, 15) is 9.59 Å². The molecule has 36 heavy (non-hydrogen) atoms. The van der Waals surface area contributed by atoms with Crippen LogP contribution < -0.4 is 5.32 Å². The Kier molecular flexibility index (Phi) is 7.58. The molecule has 5 rings (SSSR count). The van der Waals surface area contributed by atoms with Gasteiger partial charge >= 0.3 is 0 Å². The maximum atomic E-state index is 13.1. The number of imidazole rings is 1.